The minimum absolute atomic E-state index is 0.256. The van der Waals surface area contributed by atoms with Crippen LogP contribution in [0.4, 0.5) is 5.69 Å². The van der Waals surface area contributed by atoms with Gasteiger partial charge in [-0.25, -0.2) is 4.79 Å². The van der Waals surface area contributed by atoms with E-state index in [9.17, 15) is 9.59 Å². The van der Waals surface area contributed by atoms with Gasteiger partial charge >= 0.3 is 5.97 Å². The fourth-order valence-electron chi connectivity index (χ4n) is 2.53. The standard InChI is InChI=1S/C21H20N2O4/c1-14-8-9-16(11-15(14)2)26-13-21(25)27-12-20(24)23-19-7-3-6-18-17(19)5-4-10-22-18/h3-11H,12-13H2,1-2H3,(H,23,24). The first kappa shape index (κ1) is 18.4. The van der Waals surface area contributed by atoms with E-state index < -0.39 is 11.9 Å². The molecule has 6 heteroatoms. The van der Waals surface area contributed by atoms with Crippen LogP contribution in [-0.4, -0.2) is 30.1 Å². The molecule has 1 N–H and O–H groups in total. The van der Waals surface area contributed by atoms with Gasteiger partial charge in [-0.1, -0.05) is 12.1 Å². The number of esters is 1. The molecule has 0 saturated carbocycles. The monoisotopic (exact) mass is 364 g/mol. The average molecular weight is 364 g/mol. The lowest BCUT2D eigenvalue weighted by Gasteiger charge is -2.10. The summed E-state index contributed by atoms with van der Waals surface area (Å²) >= 11 is 0. The topological polar surface area (TPSA) is 77.5 Å². The van der Waals surface area contributed by atoms with E-state index in [4.69, 9.17) is 9.47 Å². The van der Waals surface area contributed by atoms with Crippen molar-refractivity contribution in [1.29, 1.82) is 0 Å². The van der Waals surface area contributed by atoms with Crippen LogP contribution in [0.1, 0.15) is 11.1 Å². The summed E-state index contributed by atoms with van der Waals surface area (Å²) in [6.45, 7) is 3.32. The second-order valence-corrected chi connectivity index (χ2v) is 6.12. The molecular formula is C21H20N2O4. The lowest BCUT2D eigenvalue weighted by molar-refractivity contribution is -0.149. The maximum Gasteiger partial charge on any atom is 0.344 e. The van der Waals surface area contributed by atoms with Gasteiger partial charge in [0.1, 0.15) is 5.75 Å². The number of ether oxygens (including phenoxy) is 2. The Kier molecular flexibility index (Phi) is 5.66. The highest BCUT2D eigenvalue weighted by atomic mass is 16.6. The predicted octanol–water partition coefficient (Wildman–Crippen LogP) is 3.41. The van der Waals surface area contributed by atoms with E-state index in [2.05, 4.69) is 10.3 Å². The normalized spacial score (nSPS) is 10.4. The number of fused-ring (bicyclic) bond motifs is 1. The third-order valence-corrected chi connectivity index (χ3v) is 4.12. The number of amides is 1. The van der Waals surface area contributed by atoms with Crippen LogP contribution in [0.5, 0.6) is 5.75 Å². The van der Waals surface area contributed by atoms with Gasteiger partial charge in [0.25, 0.3) is 5.91 Å². The summed E-state index contributed by atoms with van der Waals surface area (Å²) in [5.74, 6) is -0.448. The number of pyridine rings is 1. The highest BCUT2D eigenvalue weighted by molar-refractivity contribution is 6.01. The Morgan fingerprint density at radius 1 is 1.00 bits per heavy atom. The molecule has 0 unspecified atom stereocenters. The van der Waals surface area contributed by atoms with Gasteiger partial charge in [0.15, 0.2) is 13.2 Å². The van der Waals surface area contributed by atoms with Gasteiger partial charge in [-0.3, -0.25) is 9.78 Å². The molecule has 0 fully saturated rings. The van der Waals surface area contributed by atoms with Crippen molar-refractivity contribution in [2.24, 2.45) is 0 Å². The van der Waals surface area contributed by atoms with E-state index in [0.717, 1.165) is 22.0 Å². The summed E-state index contributed by atoms with van der Waals surface area (Å²) in [5, 5.41) is 3.55. The van der Waals surface area contributed by atoms with E-state index in [0.29, 0.717) is 11.4 Å². The molecule has 1 aromatic heterocycles. The predicted molar refractivity (Wildman–Crippen MR) is 103 cm³/mol. The number of anilines is 1. The first-order valence-corrected chi connectivity index (χ1v) is 8.52. The Morgan fingerprint density at radius 3 is 2.67 bits per heavy atom. The number of benzene rings is 2. The van der Waals surface area contributed by atoms with E-state index in [-0.39, 0.29) is 13.2 Å². The van der Waals surface area contributed by atoms with Crippen molar-refractivity contribution in [2.45, 2.75) is 13.8 Å². The van der Waals surface area contributed by atoms with Crippen molar-refractivity contribution in [3.05, 3.63) is 65.9 Å². The minimum Gasteiger partial charge on any atom is -0.482 e. The zero-order valence-electron chi connectivity index (χ0n) is 15.2. The van der Waals surface area contributed by atoms with Crippen molar-refractivity contribution >= 4 is 28.5 Å². The smallest absolute Gasteiger partial charge is 0.344 e. The van der Waals surface area contributed by atoms with Crippen LogP contribution in [0.2, 0.25) is 0 Å². The molecule has 27 heavy (non-hydrogen) atoms. The van der Waals surface area contributed by atoms with Crippen LogP contribution in [0.25, 0.3) is 10.9 Å². The Morgan fingerprint density at radius 2 is 1.85 bits per heavy atom. The number of carbonyl (C=O) groups is 2. The maximum absolute atomic E-state index is 12.1. The van der Waals surface area contributed by atoms with Gasteiger partial charge in [0.05, 0.1) is 11.2 Å². The fraction of sp³-hybridized carbons (Fsp3) is 0.190. The molecule has 1 heterocycles. The number of carbonyl (C=O) groups excluding carboxylic acids is 2. The molecule has 138 valence electrons. The summed E-state index contributed by atoms with van der Waals surface area (Å²) in [7, 11) is 0. The summed E-state index contributed by atoms with van der Waals surface area (Å²) in [5.41, 5.74) is 3.61. The number of hydrogen-bond acceptors (Lipinski definition) is 5. The van der Waals surface area contributed by atoms with Crippen LogP contribution in [0.15, 0.2) is 54.7 Å². The molecule has 0 radical (unpaired) electrons. The average Bonchev–Trinajstić information content (AvgIpc) is 2.67. The van der Waals surface area contributed by atoms with Gasteiger partial charge in [0, 0.05) is 11.6 Å². The Hall–Kier alpha value is -3.41. The molecule has 2 aromatic carbocycles. The molecular weight excluding hydrogens is 344 g/mol. The van der Waals surface area contributed by atoms with Crippen LogP contribution in [0, 0.1) is 13.8 Å². The Bertz CT molecular complexity index is 980. The highest BCUT2D eigenvalue weighted by Gasteiger charge is 2.10. The molecule has 0 bridgehead atoms. The molecule has 6 nitrogen and oxygen atoms in total. The van der Waals surface area contributed by atoms with Crippen LogP contribution < -0.4 is 10.1 Å². The Labute approximate surface area is 157 Å². The largest absolute Gasteiger partial charge is 0.482 e. The number of nitrogens with zero attached hydrogens (tertiary/aromatic N) is 1. The van der Waals surface area contributed by atoms with E-state index >= 15 is 0 Å². The van der Waals surface area contributed by atoms with Gasteiger partial charge in [0.2, 0.25) is 0 Å². The molecule has 0 spiro atoms. The second kappa shape index (κ2) is 8.31. The lowest BCUT2D eigenvalue weighted by atomic mass is 10.1. The molecule has 0 aliphatic heterocycles. The molecule has 0 aliphatic carbocycles. The highest BCUT2D eigenvalue weighted by Crippen LogP contribution is 2.21. The van der Waals surface area contributed by atoms with E-state index in [1.807, 2.05) is 38.1 Å². The summed E-state index contributed by atoms with van der Waals surface area (Å²) in [6, 6.07) is 14.6. The third-order valence-electron chi connectivity index (χ3n) is 4.12. The molecule has 0 saturated heterocycles. The first-order chi connectivity index (χ1) is 13.0. The van der Waals surface area contributed by atoms with Gasteiger partial charge < -0.3 is 14.8 Å². The summed E-state index contributed by atoms with van der Waals surface area (Å²) in [6.07, 6.45) is 1.69. The molecule has 0 aliphatic rings. The summed E-state index contributed by atoms with van der Waals surface area (Å²) in [4.78, 5) is 28.1. The zero-order valence-corrected chi connectivity index (χ0v) is 15.2. The number of hydrogen-bond donors (Lipinski definition) is 1. The number of aromatic nitrogens is 1. The first-order valence-electron chi connectivity index (χ1n) is 8.52. The third kappa shape index (κ3) is 4.82. The molecule has 1 amide bonds. The van der Waals surface area contributed by atoms with Crippen molar-refractivity contribution in [3.63, 3.8) is 0 Å². The molecule has 3 rings (SSSR count). The summed E-state index contributed by atoms with van der Waals surface area (Å²) < 4.78 is 10.4. The lowest BCUT2D eigenvalue weighted by Crippen LogP contribution is -2.23. The fourth-order valence-corrected chi connectivity index (χ4v) is 2.53. The quantitative estimate of drug-likeness (QED) is 0.678. The Balaban J connectivity index is 1.49. The van der Waals surface area contributed by atoms with Gasteiger partial charge in [-0.2, -0.15) is 0 Å². The van der Waals surface area contributed by atoms with Gasteiger partial charge in [-0.05, 0) is 61.4 Å². The maximum atomic E-state index is 12.1. The molecule has 3 aromatic rings. The van der Waals surface area contributed by atoms with Crippen LogP contribution in [-0.2, 0) is 14.3 Å². The van der Waals surface area contributed by atoms with Crippen LogP contribution >= 0.6 is 0 Å². The van der Waals surface area contributed by atoms with E-state index in [1.54, 1.807) is 30.5 Å². The number of rotatable bonds is 6. The molecule has 0 atom stereocenters. The second-order valence-electron chi connectivity index (χ2n) is 6.12. The SMILES string of the molecule is Cc1ccc(OCC(=O)OCC(=O)Nc2cccc3ncccc23)cc1C. The van der Waals surface area contributed by atoms with E-state index in [1.165, 1.54) is 0 Å². The zero-order chi connectivity index (χ0) is 19.2. The number of nitrogens with one attached hydrogen (secondary N) is 1. The van der Waals surface area contributed by atoms with Crippen LogP contribution in [0.3, 0.4) is 0 Å². The van der Waals surface area contributed by atoms with Crippen molar-refractivity contribution in [2.75, 3.05) is 18.5 Å². The number of aryl methyl sites for hydroxylation is 2. The van der Waals surface area contributed by atoms with Gasteiger partial charge in [-0.15, -0.1) is 0 Å². The minimum atomic E-state index is -0.608. The van der Waals surface area contributed by atoms with Crippen molar-refractivity contribution in [3.8, 4) is 5.75 Å². The van der Waals surface area contributed by atoms with Crippen molar-refractivity contribution in [1.82, 2.24) is 4.98 Å². The van der Waals surface area contributed by atoms with Crippen molar-refractivity contribution < 1.29 is 19.1 Å².